The van der Waals surface area contributed by atoms with Gasteiger partial charge in [-0.15, -0.1) is 11.6 Å². The third kappa shape index (κ3) is 1.89. The number of hydrogen-bond acceptors (Lipinski definition) is 0. The lowest BCUT2D eigenvalue weighted by Crippen LogP contribution is -2.01. The number of halogens is 1. The maximum atomic E-state index is 6.61. The van der Waals surface area contributed by atoms with E-state index in [-0.39, 0.29) is 5.38 Å². The molecule has 22 heavy (non-hydrogen) atoms. The highest BCUT2D eigenvalue weighted by Gasteiger charge is 2.33. The Hall–Kier alpha value is -1.31. The maximum Gasteiger partial charge on any atom is 0.0593 e. The van der Waals surface area contributed by atoms with Gasteiger partial charge < -0.3 is 0 Å². The average molecular weight is 325 g/mol. The van der Waals surface area contributed by atoms with Gasteiger partial charge in [-0.05, 0) is 71.2 Å². The molecule has 2 aliphatic carbocycles. The second kappa shape index (κ2) is 5.11. The number of rotatable bonds is 1. The molecule has 0 bridgehead atoms. The summed E-state index contributed by atoms with van der Waals surface area (Å²) < 4.78 is 0. The number of fused-ring (bicyclic) bond motifs is 2. The molecule has 2 aliphatic rings. The molecule has 0 amide bonds. The number of hydrogen-bond donors (Lipinski definition) is 0. The van der Waals surface area contributed by atoms with Crippen molar-refractivity contribution >= 4 is 27.4 Å². The zero-order chi connectivity index (χ0) is 15.4. The highest BCUT2D eigenvalue weighted by molar-refractivity contribution is 6.22. The zero-order valence-electron chi connectivity index (χ0n) is 13.4. The van der Waals surface area contributed by atoms with Crippen LogP contribution in [0.2, 0.25) is 0 Å². The first-order valence-electron chi connectivity index (χ1n) is 8.16. The summed E-state index contributed by atoms with van der Waals surface area (Å²) in [4.78, 5) is 0. The largest absolute Gasteiger partial charge is 0.118 e. The van der Waals surface area contributed by atoms with Crippen LogP contribution in [0.4, 0.5) is 0 Å². The third-order valence-corrected chi connectivity index (χ3v) is 7.47. The van der Waals surface area contributed by atoms with E-state index in [9.17, 15) is 0 Å². The van der Waals surface area contributed by atoms with E-state index in [0.29, 0.717) is 5.54 Å². The summed E-state index contributed by atoms with van der Waals surface area (Å²) in [6.07, 6.45) is 2.24. The van der Waals surface area contributed by atoms with E-state index in [4.69, 9.17) is 11.6 Å². The molecule has 0 saturated carbocycles. The Morgan fingerprint density at radius 2 is 1.86 bits per heavy atom. The minimum absolute atomic E-state index is 0.200. The Labute approximate surface area is 140 Å². The quantitative estimate of drug-likeness (QED) is 0.536. The molecule has 0 aromatic heterocycles. The van der Waals surface area contributed by atoms with Gasteiger partial charge in [-0.1, -0.05) is 42.0 Å². The number of benzene rings is 2. The van der Waals surface area contributed by atoms with Crippen molar-refractivity contribution in [3.8, 4) is 0 Å². The van der Waals surface area contributed by atoms with Crippen LogP contribution in [0.1, 0.15) is 57.6 Å². The van der Waals surface area contributed by atoms with Crippen LogP contribution >= 0.6 is 11.6 Å². The van der Waals surface area contributed by atoms with Crippen molar-refractivity contribution < 1.29 is 0 Å². The molecule has 0 aliphatic heterocycles. The van der Waals surface area contributed by atoms with Gasteiger partial charge in [-0.3, -0.25) is 0 Å². The average Bonchev–Trinajstić information content (AvgIpc) is 3.02. The van der Waals surface area contributed by atoms with Gasteiger partial charge in [0.25, 0.3) is 0 Å². The van der Waals surface area contributed by atoms with Crippen LogP contribution in [0.5, 0.6) is 0 Å². The molecule has 0 radical (unpaired) electrons. The van der Waals surface area contributed by atoms with Gasteiger partial charge in [0.2, 0.25) is 0 Å². The second-order valence-corrected chi connectivity index (χ2v) is 8.37. The summed E-state index contributed by atoms with van der Waals surface area (Å²) >= 11 is 6.61. The van der Waals surface area contributed by atoms with Gasteiger partial charge in [0, 0.05) is 10.2 Å². The predicted molar refractivity (Wildman–Crippen MR) is 98.9 cm³/mol. The van der Waals surface area contributed by atoms with Crippen molar-refractivity contribution in [3.05, 3.63) is 75.4 Å². The van der Waals surface area contributed by atoms with Crippen LogP contribution in [0.25, 0.3) is 5.57 Å². The molecular weight excluding hydrogens is 304 g/mol. The normalized spacial score (nSPS) is 23.0. The molecule has 2 aromatic carbocycles. The summed E-state index contributed by atoms with van der Waals surface area (Å²) in [5.41, 5.74) is 12.4. The number of alkyl halides is 1. The highest BCUT2D eigenvalue weighted by atomic mass is 35.5. The zero-order valence-corrected chi connectivity index (χ0v) is 16.2. The van der Waals surface area contributed by atoms with E-state index in [1.807, 2.05) is 0 Å². The van der Waals surface area contributed by atoms with Gasteiger partial charge >= 0.3 is 0 Å². The van der Waals surface area contributed by atoms with Crippen molar-refractivity contribution in [2.75, 3.05) is 0 Å². The first kappa shape index (κ1) is 14.3. The van der Waals surface area contributed by atoms with E-state index in [0.717, 1.165) is 12.8 Å². The lowest BCUT2D eigenvalue weighted by Gasteiger charge is -2.17. The Morgan fingerprint density at radius 3 is 2.59 bits per heavy atom. The monoisotopic (exact) mass is 324 g/mol. The summed E-state index contributed by atoms with van der Waals surface area (Å²) in [6, 6.07) is 13.3. The first-order valence-corrected chi connectivity index (χ1v) is 9.75. The van der Waals surface area contributed by atoms with E-state index < -0.39 is 0 Å². The van der Waals surface area contributed by atoms with E-state index >= 15 is 0 Å². The molecule has 0 fully saturated rings. The predicted octanol–water partition coefficient (Wildman–Crippen LogP) is 4.46. The molecule has 2 aromatic rings. The van der Waals surface area contributed by atoms with E-state index in [1.165, 1.54) is 43.6 Å². The van der Waals surface area contributed by atoms with Crippen LogP contribution in [-0.2, 0) is 6.42 Å². The minimum Gasteiger partial charge on any atom is -0.118 e. The fourth-order valence-corrected chi connectivity index (χ4v) is 5.45. The third-order valence-electron chi connectivity index (χ3n) is 5.55. The smallest absolute Gasteiger partial charge is 0.0593 e. The van der Waals surface area contributed by atoms with Crippen LogP contribution in [0.15, 0.2) is 42.0 Å². The highest BCUT2D eigenvalue weighted by Crippen LogP contribution is 2.50. The van der Waals surface area contributed by atoms with Crippen molar-refractivity contribution in [1.82, 2.24) is 0 Å². The van der Waals surface area contributed by atoms with Crippen LogP contribution < -0.4 is 0 Å². The fraction of sp³-hybridized carbons (Fsp3) is 0.300. The Balaban J connectivity index is 2.01. The summed E-state index contributed by atoms with van der Waals surface area (Å²) in [5, 5.41) is 0.200. The van der Waals surface area contributed by atoms with Gasteiger partial charge in [0.1, 0.15) is 0 Å². The SMILES string of the molecule is CC1=C(c2ccccc2)c2c(cc3c(c2C)C(Cl)CC3)C1[SiH3]. The molecule has 0 saturated heterocycles. The molecule has 0 heterocycles. The fourth-order valence-electron chi connectivity index (χ4n) is 4.30. The summed E-state index contributed by atoms with van der Waals surface area (Å²) in [5.74, 6) is 0. The van der Waals surface area contributed by atoms with E-state index in [2.05, 4.69) is 50.2 Å². The van der Waals surface area contributed by atoms with Crippen LogP contribution in [0.3, 0.4) is 0 Å². The minimum atomic E-state index is 0.200. The van der Waals surface area contributed by atoms with Gasteiger partial charge in [-0.25, -0.2) is 0 Å². The Morgan fingerprint density at radius 1 is 1.14 bits per heavy atom. The number of aryl methyl sites for hydroxylation is 1. The Kier molecular flexibility index (Phi) is 3.32. The molecule has 2 heteroatoms. The lowest BCUT2D eigenvalue weighted by atomic mass is 9.89. The number of allylic oxidation sites excluding steroid dienone is 1. The standard InChI is InChI=1S/C20H21ClSi/c1-11-17-14(8-9-16(17)21)10-15-19(11)18(12(2)20(15)22)13-6-4-3-5-7-13/h3-7,10,16,20H,8-9H2,1-2,22H3. The summed E-state index contributed by atoms with van der Waals surface area (Å²) in [7, 11) is 1.17. The molecular formula is C20H21ClSi. The summed E-state index contributed by atoms with van der Waals surface area (Å²) in [6.45, 7) is 4.61. The molecule has 2 unspecified atom stereocenters. The molecule has 0 N–H and O–H groups in total. The van der Waals surface area contributed by atoms with Crippen LogP contribution in [0, 0.1) is 6.92 Å². The lowest BCUT2D eigenvalue weighted by molar-refractivity contribution is 0.878. The first-order chi connectivity index (χ1) is 10.6. The topological polar surface area (TPSA) is 0 Å². The van der Waals surface area contributed by atoms with Gasteiger partial charge in [-0.2, -0.15) is 0 Å². The maximum absolute atomic E-state index is 6.61. The molecule has 2 atom stereocenters. The van der Waals surface area contributed by atoms with Crippen molar-refractivity contribution in [2.45, 2.75) is 37.6 Å². The van der Waals surface area contributed by atoms with Gasteiger partial charge in [0.15, 0.2) is 0 Å². The Bertz CT molecular complexity index is 789. The second-order valence-electron chi connectivity index (χ2n) is 6.69. The van der Waals surface area contributed by atoms with Crippen molar-refractivity contribution in [2.24, 2.45) is 0 Å². The molecule has 0 nitrogen and oxygen atoms in total. The van der Waals surface area contributed by atoms with Crippen molar-refractivity contribution in [3.63, 3.8) is 0 Å². The van der Waals surface area contributed by atoms with Crippen LogP contribution in [-0.4, -0.2) is 10.2 Å². The molecule has 112 valence electrons. The molecule has 0 spiro atoms. The molecule has 4 rings (SSSR count). The van der Waals surface area contributed by atoms with Crippen molar-refractivity contribution in [1.29, 1.82) is 0 Å². The van der Waals surface area contributed by atoms with E-state index in [1.54, 1.807) is 11.1 Å². The van der Waals surface area contributed by atoms with Gasteiger partial charge in [0.05, 0.1) is 5.38 Å².